The van der Waals surface area contributed by atoms with Crippen molar-refractivity contribution in [3.8, 4) is 0 Å². The van der Waals surface area contributed by atoms with Crippen LogP contribution in [0.4, 0.5) is 0 Å². The maximum Gasteiger partial charge on any atom is 0.255 e. The van der Waals surface area contributed by atoms with Crippen LogP contribution in [0.25, 0.3) is 10.9 Å². The number of pyridine rings is 2. The number of likely N-dealkylation sites (tertiary alicyclic amines) is 1. The van der Waals surface area contributed by atoms with E-state index in [9.17, 15) is 4.79 Å². The molecule has 1 aliphatic heterocycles. The van der Waals surface area contributed by atoms with Crippen LogP contribution < -0.4 is 0 Å². The lowest BCUT2D eigenvalue weighted by Crippen LogP contribution is -2.38. The van der Waals surface area contributed by atoms with E-state index in [4.69, 9.17) is 4.98 Å². The van der Waals surface area contributed by atoms with Gasteiger partial charge >= 0.3 is 0 Å². The highest BCUT2D eigenvalue weighted by Gasteiger charge is 2.30. The Bertz CT molecular complexity index is 997. The number of fused-ring (bicyclic) bond motifs is 1. The van der Waals surface area contributed by atoms with Crippen LogP contribution in [0.3, 0.4) is 0 Å². The molecule has 1 atom stereocenters. The Morgan fingerprint density at radius 2 is 2.00 bits per heavy atom. The van der Waals surface area contributed by atoms with Gasteiger partial charge in [0.25, 0.3) is 5.91 Å². The first-order valence-electron chi connectivity index (χ1n) is 9.64. The Hall–Kier alpha value is -2.75. The fraction of sp³-hybridized carbons (Fsp3) is 0.348. The molecule has 0 unspecified atom stereocenters. The van der Waals surface area contributed by atoms with Crippen molar-refractivity contribution in [2.45, 2.75) is 46.1 Å². The van der Waals surface area contributed by atoms with Crippen LogP contribution in [0.5, 0.6) is 0 Å². The molecule has 3 aromatic rings. The first-order valence-corrected chi connectivity index (χ1v) is 9.64. The number of aromatic nitrogens is 2. The van der Waals surface area contributed by atoms with E-state index in [0.717, 1.165) is 64.7 Å². The molecule has 4 rings (SSSR count). The number of aryl methyl sites for hydroxylation is 3. The summed E-state index contributed by atoms with van der Waals surface area (Å²) in [4.78, 5) is 24.7. The molecule has 0 N–H and O–H groups in total. The summed E-state index contributed by atoms with van der Waals surface area (Å²) in [5.74, 6) is 0.101. The molecule has 1 fully saturated rings. The van der Waals surface area contributed by atoms with Crippen molar-refractivity contribution in [2.24, 2.45) is 0 Å². The van der Waals surface area contributed by atoms with Gasteiger partial charge in [0.1, 0.15) is 0 Å². The number of carbonyl (C=O) groups is 1. The van der Waals surface area contributed by atoms with Gasteiger partial charge < -0.3 is 4.90 Å². The van der Waals surface area contributed by atoms with Crippen LogP contribution in [0.15, 0.2) is 42.7 Å². The summed E-state index contributed by atoms with van der Waals surface area (Å²) in [6.07, 6.45) is 6.84. The van der Waals surface area contributed by atoms with Crippen molar-refractivity contribution in [1.82, 2.24) is 14.9 Å². The van der Waals surface area contributed by atoms with Crippen LogP contribution in [0.1, 0.15) is 58.0 Å². The Kier molecular flexibility index (Phi) is 4.65. The third kappa shape index (κ3) is 3.32. The predicted molar refractivity (Wildman–Crippen MR) is 108 cm³/mol. The quantitative estimate of drug-likeness (QED) is 0.652. The number of nitrogens with zero attached hydrogens (tertiary/aromatic N) is 3. The number of rotatable bonds is 2. The van der Waals surface area contributed by atoms with E-state index in [0.29, 0.717) is 0 Å². The molecule has 3 heterocycles. The van der Waals surface area contributed by atoms with Crippen molar-refractivity contribution >= 4 is 16.8 Å². The van der Waals surface area contributed by atoms with Crippen LogP contribution in [-0.2, 0) is 0 Å². The molecule has 4 heteroatoms. The molecule has 0 radical (unpaired) electrons. The fourth-order valence-corrected chi connectivity index (χ4v) is 4.23. The molecule has 138 valence electrons. The smallest absolute Gasteiger partial charge is 0.255 e. The van der Waals surface area contributed by atoms with Gasteiger partial charge in [-0.3, -0.25) is 14.8 Å². The van der Waals surface area contributed by atoms with Crippen LogP contribution in [0.2, 0.25) is 0 Å². The second-order valence-electron chi connectivity index (χ2n) is 7.59. The second-order valence-corrected chi connectivity index (χ2v) is 7.59. The van der Waals surface area contributed by atoms with Gasteiger partial charge in [-0.2, -0.15) is 0 Å². The Morgan fingerprint density at radius 1 is 1.15 bits per heavy atom. The van der Waals surface area contributed by atoms with Crippen LogP contribution in [-0.4, -0.2) is 27.3 Å². The summed E-state index contributed by atoms with van der Waals surface area (Å²) in [6.45, 7) is 6.88. The highest BCUT2D eigenvalue weighted by Crippen LogP contribution is 2.33. The van der Waals surface area contributed by atoms with Gasteiger partial charge in [-0.05, 0) is 69.4 Å². The molecular weight excluding hydrogens is 334 g/mol. The third-order valence-corrected chi connectivity index (χ3v) is 5.44. The van der Waals surface area contributed by atoms with Gasteiger partial charge in [-0.25, -0.2) is 0 Å². The average Bonchev–Trinajstić information content (AvgIpc) is 2.68. The minimum atomic E-state index is 0.0920. The van der Waals surface area contributed by atoms with Crippen LogP contribution >= 0.6 is 0 Å². The lowest BCUT2D eigenvalue weighted by Gasteiger charge is -2.36. The molecular formula is C23H25N3O. The molecule has 1 saturated heterocycles. The first-order chi connectivity index (χ1) is 13.0. The minimum Gasteiger partial charge on any atom is -0.332 e. The van der Waals surface area contributed by atoms with Gasteiger partial charge in [-0.15, -0.1) is 0 Å². The van der Waals surface area contributed by atoms with Gasteiger partial charge in [0.2, 0.25) is 0 Å². The average molecular weight is 359 g/mol. The Labute approximate surface area is 160 Å². The third-order valence-electron chi connectivity index (χ3n) is 5.44. The summed E-state index contributed by atoms with van der Waals surface area (Å²) in [5.41, 5.74) is 5.96. The molecule has 1 aliphatic rings. The topological polar surface area (TPSA) is 46.1 Å². The number of hydrogen-bond acceptors (Lipinski definition) is 3. The molecule has 0 saturated carbocycles. The van der Waals surface area contributed by atoms with Gasteiger partial charge in [0, 0.05) is 30.0 Å². The minimum absolute atomic E-state index is 0.0920. The fourth-order valence-electron chi connectivity index (χ4n) is 4.23. The second kappa shape index (κ2) is 7.10. The Morgan fingerprint density at radius 3 is 2.78 bits per heavy atom. The lowest BCUT2D eigenvalue weighted by atomic mass is 9.94. The van der Waals surface area contributed by atoms with E-state index in [1.165, 1.54) is 0 Å². The number of benzene rings is 1. The summed E-state index contributed by atoms with van der Waals surface area (Å²) in [6, 6.07) is 10.3. The lowest BCUT2D eigenvalue weighted by molar-refractivity contribution is 0.0613. The zero-order chi connectivity index (χ0) is 19.0. The summed E-state index contributed by atoms with van der Waals surface area (Å²) >= 11 is 0. The predicted octanol–water partition coefficient (Wildman–Crippen LogP) is 4.92. The molecule has 0 aliphatic carbocycles. The SMILES string of the molecule is Cc1cc(C)c2nc(C)cc(C(=O)N3CCCC[C@H]3c3cccnc3)c2c1. The zero-order valence-corrected chi connectivity index (χ0v) is 16.2. The van der Waals surface area contributed by atoms with E-state index in [2.05, 4.69) is 37.0 Å². The Balaban J connectivity index is 1.82. The van der Waals surface area contributed by atoms with Crippen molar-refractivity contribution < 1.29 is 4.79 Å². The first kappa shape index (κ1) is 17.7. The molecule has 4 nitrogen and oxygen atoms in total. The van der Waals surface area contributed by atoms with Gasteiger partial charge in [0.05, 0.1) is 17.1 Å². The largest absolute Gasteiger partial charge is 0.332 e. The number of carbonyl (C=O) groups excluding carboxylic acids is 1. The normalized spacial score (nSPS) is 17.3. The molecule has 1 amide bonds. The number of amides is 1. The van der Waals surface area contributed by atoms with E-state index in [1.54, 1.807) is 6.20 Å². The van der Waals surface area contributed by atoms with Crippen LogP contribution in [0, 0.1) is 20.8 Å². The maximum absolute atomic E-state index is 13.7. The highest BCUT2D eigenvalue weighted by atomic mass is 16.2. The van der Waals surface area contributed by atoms with E-state index >= 15 is 0 Å². The van der Waals surface area contributed by atoms with E-state index in [1.807, 2.05) is 30.2 Å². The number of hydrogen-bond donors (Lipinski definition) is 0. The molecule has 0 spiro atoms. The summed E-state index contributed by atoms with van der Waals surface area (Å²) in [7, 11) is 0. The van der Waals surface area contributed by atoms with Crippen molar-refractivity contribution in [3.63, 3.8) is 0 Å². The van der Waals surface area contributed by atoms with Crippen molar-refractivity contribution in [1.29, 1.82) is 0 Å². The van der Waals surface area contributed by atoms with Crippen molar-refractivity contribution in [3.05, 3.63) is 70.7 Å². The van der Waals surface area contributed by atoms with Gasteiger partial charge in [-0.1, -0.05) is 17.7 Å². The summed E-state index contributed by atoms with van der Waals surface area (Å²) < 4.78 is 0. The molecule has 1 aromatic carbocycles. The monoisotopic (exact) mass is 359 g/mol. The van der Waals surface area contributed by atoms with Gasteiger partial charge in [0.15, 0.2) is 0 Å². The molecule has 2 aromatic heterocycles. The summed E-state index contributed by atoms with van der Waals surface area (Å²) in [5, 5.41) is 0.957. The molecule has 0 bridgehead atoms. The van der Waals surface area contributed by atoms with Crippen molar-refractivity contribution in [2.75, 3.05) is 6.54 Å². The standard InChI is InChI=1S/C23H25N3O/c1-15-11-16(2)22-19(12-15)20(13-17(3)25-22)23(27)26-10-5-4-8-21(26)18-7-6-9-24-14-18/h6-7,9,11-14,21H,4-5,8,10H2,1-3H3/t21-/m0/s1. The maximum atomic E-state index is 13.7. The zero-order valence-electron chi connectivity index (χ0n) is 16.2. The highest BCUT2D eigenvalue weighted by molar-refractivity contribution is 6.07. The van der Waals surface area contributed by atoms with E-state index in [-0.39, 0.29) is 11.9 Å². The number of piperidine rings is 1. The van der Waals surface area contributed by atoms with E-state index < -0.39 is 0 Å². The molecule has 27 heavy (non-hydrogen) atoms.